The van der Waals surface area contributed by atoms with Crippen LogP contribution in [0.15, 0.2) is 42.5 Å². The number of hydrogen-bond donors (Lipinski definition) is 0. The Kier molecular flexibility index (Phi) is 4.18. The number of benzene rings is 2. The lowest BCUT2D eigenvalue weighted by molar-refractivity contribution is 0.355. The molecule has 132 valence electrons. The van der Waals surface area contributed by atoms with Gasteiger partial charge in [0.2, 0.25) is 4.96 Å². The summed E-state index contributed by atoms with van der Waals surface area (Å²) < 4.78 is 17.6. The van der Waals surface area contributed by atoms with E-state index in [9.17, 15) is 0 Å². The van der Waals surface area contributed by atoms with Gasteiger partial charge >= 0.3 is 0 Å². The summed E-state index contributed by atoms with van der Waals surface area (Å²) in [5.41, 5.74) is 1.85. The van der Waals surface area contributed by atoms with Crippen LogP contribution in [0.4, 0.5) is 0 Å². The highest BCUT2D eigenvalue weighted by Crippen LogP contribution is 2.34. The second-order valence-electron chi connectivity index (χ2n) is 5.42. The van der Waals surface area contributed by atoms with Crippen LogP contribution < -0.4 is 14.2 Å². The fraction of sp³-hybridized carbons (Fsp3) is 0.167. The summed E-state index contributed by atoms with van der Waals surface area (Å²) in [5.74, 6) is 2.81. The van der Waals surface area contributed by atoms with Gasteiger partial charge in [-0.1, -0.05) is 11.3 Å². The molecule has 0 aliphatic rings. The van der Waals surface area contributed by atoms with Gasteiger partial charge in [-0.3, -0.25) is 0 Å². The molecule has 0 saturated heterocycles. The molecule has 0 aliphatic heterocycles. The summed E-state index contributed by atoms with van der Waals surface area (Å²) in [6.07, 6.45) is 0. The van der Waals surface area contributed by atoms with Gasteiger partial charge in [-0.2, -0.15) is 9.61 Å². The van der Waals surface area contributed by atoms with E-state index in [0.717, 1.165) is 26.8 Å². The second-order valence-corrected chi connectivity index (χ2v) is 6.38. The third-order valence-corrected chi connectivity index (χ3v) is 4.92. The van der Waals surface area contributed by atoms with E-state index in [0.29, 0.717) is 17.3 Å². The molecule has 0 bridgehead atoms. The Hall–Kier alpha value is -3.13. The summed E-state index contributed by atoms with van der Waals surface area (Å²) >= 11 is 1.46. The zero-order valence-corrected chi connectivity index (χ0v) is 15.3. The zero-order valence-electron chi connectivity index (χ0n) is 14.5. The number of aromatic nitrogens is 4. The van der Waals surface area contributed by atoms with Crippen molar-refractivity contribution >= 4 is 16.3 Å². The highest BCUT2D eigenvalue weighted by atomic mass is 32.1. The molecule has 0 amide bonds. The van der Waals surface area contributed by atoms with Crippen molar-refractivity contribution in [3.8, 4) is 39.2 Å². The molecule has 8 heteroatoms. The van der Waals surface area contributed by atoms with Crippen molar-refractivity contribution in [3.05, 3.63) is 42.5 Å². The molecule has 7 nitrogen and oxygen atoms in total. The summed E-state index contributed by atoms with van der Waals surface area (Å²) in [5, 5.41) is 14.0. The van der Waals surface area contributed by atoms with Crippen LogP contribution in [0.5, 0.6) is 17.2 Å². The van der Waals surface area contributed by atoms with Gasteiger partial charge in [0.1, 0.15) is 10.8 Å². The SMILES string of the molecule is COc1ccc(-c2nnc3sc(-c4ccc(OC)c(OC)c4)nn23)cc1. The molecule has 26 heavy (non-hydrogen) atoms. The maximum Gasteiger partial charge on any atom is 0.235 e. The number of hydrogen-bond acceptors (Lipinski definition) is 7. The molecule has 2 heterocycles. The Morgan fingerprint density at radius 2 is 1.54 bits per heavy atom. The largest absolute Gasteiger partial charge is 0.497 e. The van der Waals surface area contributed by atoms with Crippen LogP contribution in [0, 0.1) is 0 Å². The monoisotopic (exact) mass is 368 g/mol. The first-order valence-electron chi connectivity index (χ1n) is 7.82. The zero-order chi connectivity index (χ0) is 18.1. The average Bonchev–Trinajstić information content (AvgIpc) is 3.28. The van der Waals surface area contributed by atoms with Crippen molar-refractivity contribution in [2.24, 2.45) is 0 Å². The van der Waals surface area contributed by atoms with Crippen molar-refractivity contribution in [1.29, 1.82) is 0 Å². The second kappa shape index (κ2) is 6.64. The Morgan fingerprint density at radius 3 is 2.23 bits per heavy atom. The fourth-order valence-electron chi connectivity index (χ4n) is 2.62. The van der Waals surface area contributed by atoms with Crippen LogP contribution in [0.25, 0.3) is 26.9 Å². The van der Waals surface area contributed by atoms with E-state index in [1.165, 1.54) is 11.3 Å². The molecule has 4 aromatic rings. The predicted octanol–water partition coefficient (Wildman–Crippen LogP) is 3.55. The quantitative estimate of drug-likeness (QED) is 0.537. The summed E-state index contributed by atoms with van der Waals surface area (Å²) in [6.45, 7) is 0. The maximum atomic E-state index is 5.37. The Morgan fingerprint density at radius 1 is 0.808 bits per heavy atom. The van der Waals surface area contributed by atoms with E-state index >= 15 is 0 Å². The minimum atomic E-state index is 0.659. The van der Waals surface area contributed by atoms with Crippen molar-refractivity contribution in [2.45, 2.75) is 0 Å². The van der Waals surface area contributed by atoms with Gasteiger partial charge in [-0.25, -0.2) is 0 Å². The Bertz CT molecular complexity index is 1060. The normalized spacial score (nSPS) is 10.9. The van der Waals surface area contributed by atoms with E-state index in [4.69, 9.17) is 14.2 Å². The number of rotatable bonds is 5. The topological polar surface area (TPSA) is 70.8 Å². The number of ether oxygens (including phenoxy) is 3. The third kappa shape index (κ3) is 2.74. The van der Waals surface area contributed by atoms with E-state index in [1.807, 2.05) is 42.5 Å². The van der Waals surface area contributed by atoms with Gasteiger partial charge in [0, 0.05) is 11.1 Å². The molecule has 0 radical (unpaired) electrons. The van der Waals surface area contributed by atoms with E-state index in [1.54, 1.807) is 25.8 Å². The lowest BCUT2D eigenvalue weighted by atomic mass is 10.2. The minimum absolute atomic E-state index is 0.659. The smallest absolute Gasteiger partial charge is 0.235 e. The van der Waals surface area contributed by atoms with Crippen molar-refractivity contribution in [3.63, 3.8) is 0 Å². The molecule has 0 unspecified atom stereocenters. The first-order valence-corrected chi connectivity index (χ1v) is 8.64. The van der Waals surface area contributed by atoms with Gasteiger partial charge in [0.25, 0.3) is 0 Å². The molecule has 2 aromatic carbocycles. The standard InChI is InChI=1S/C18H16N4O3S/c1-23-13-7-4-11(5-8-13)16-19-20-18-22(16)21-17(26-18)12-6-9-14(24-2)15(10-12)25-3/h4-10H,1-3H3. The van der Waals surface area contributed by atoms with Crippen molar-refractivity contribution in [2.75, 3.05) is 21.3 Å². The van der Waals surface area contributed by atoms with Crippen LogP contribution in [0.3, 0.4) is 0 Å². The molecule has 0 spiro atoms. The molecule has 0 atom stereocenters. The average molecular weight is 368 g/mol. The first kappa shape index (κ1) is 16.3. The van der Waals surface area contributed by atoms with E-state index < -0.39 is 0 Å². The van der Waals surface area contributed by atoms with Crippen molar-refractivity contribution < 1.29 is 14.2 Å². The van der Waals surface area contributed by atoms with Gasteiger partial charge in [-0.15, -0.1) is 10.2 Å². The number of fused-ring (bicyclic) bond motifs is 1. The predicted molar refractivity (Wildman–Crippen MR) is 99.2 cm³/mol. The van der Waals surface area contributed by atoms with Gasteiger partial charge < -0.3 is 14.2 Å². The summed E-state index contributed by atoms with van der Waals surface area (Å²) in [4.78, 5) is 0.723. The minimum Gasteiger partial charge on any atom is -0.497 e. The highest BCUT2D eigenvalue weighted by molar-refractivity contribution is 7.19. The van der Waals surface area contributed by atoms with E-state index in [-0.39, 0.29) is 0 Å². The lowest BCUT2D eigenvalue weighted by Gasteiger charge is -2.07. The molecule has 0 saturated carbocycles. The van der Waals surface area contributed by atoms with Crippen molar-refractivity contribution in [1.82, 2.24) is 19.8 Å². The molecular weight excluding hydrogens is 352 g/mol. The Balaban J connectivity index is 1.76. The van der Waals surface area contributed by atoms with Gasteiger partial charge in [-0.05, 0) is 42.5 Å². The van der Waals surface area contributed by atoms with E-state index in [2.05, 4.69) is 15.3 Å². The number of nitrogens with zero attached hydrogens (tertiary/aromatic N) is 4. The van der Waals surface area contributed by atoms with Crippen LogP contribution in [0.1, 0.15) is 0 Å². The maximum absolute atomic E-state index is 5.37. The van der Waals surface area contributed by atoms with Crippen LogP contribution in [0.2, 0.25) is 0 Å². The molecule has 4 rings (SSSR count). The molecule has 0 N–H and O–H groups in total. The fourth-order valence-corrected chi connectivity index (χ4v) is 3.46. The highest BCUT2D eigenvalue weighted by Gasteiger charge is 2.16. The van der Waals surface area contributed by atoms with Crippen LogP contribution in [-0.4, -0.2) is 41.1 Å². The van der Waals surface area contributed by atoms with Gasteiger partial charge in [0.15, 0.2) is 17.3 Å². The molecule has 0 aliphatic carbocycles. The molecule has 2 aromatic heterocycles. The van der Waals surface area contributed by atoms with Crippen LogP contribution >= 0.6 is 11.3 Å². The first-order chi connectivity index (χ1) is 12.7. The number of methoxy groups -OCH3 is 3. The lowest BCUT2D eigenvalue weighted by Crippen LogP contribution is -1.93. The summed E-state index contributed by atoms with van der Waals surface area (Å²) in [7, 11) is 4.86. The summed E-state index contributed by atoms with van der Waals surface area (Å²) in [6, 6.07) is 13.4. The Labute approximate surface area is 153 Å². The van der Waals surface area contributed by atoms with Gasteiger partial charge in [0.05, 0.1) is 21.3 Å². The molecular formula is C18H16N4O3S. The molecule has 0 fully saturated rings. The third-order valence-electron chi connectivity index (χ3n) is 3.97. The van der Waals surface area contributed by atoms with Crippen LogP contribution in [-0.2, 0) is 0 Å².